The number of hydroxylamine groups is 1. The van der Waals surface area contributed by atoms with Crippen molar-refractivity contribution in [2.45, 2.75) is 59.2 Å². The predicted octanol–water partition coefficient (Wildman–Crippen LogP) is 1.87. The molecule has 1 heterocycles. The number of carbonyl (C=O) groups is 3. The van der Waals surface area contributed by atoms with Gasteiger partial charge in [0.05, 0.1) is 11.5 Å². The maximum atomic E-state index is 13.0. The van der Waals surface area contributed by atoms with Gasteiger partial charge in [0.2, 0.25) is 5.91 Å². The van der Waals surface area contributed by atoms with Crippen molar-refractivity contribution in [3.63, 3.8) is 0 Å². The lowest BCUT2D eigenvalue weighted by Gasteiger charge is -2.34. The Bertz CT molecular complexity index is 741. The number of hydrogen-bond donors (Lipinski definition) is 4. The number of aromatic nitrogens is 1. The van der Waals surface area contributed by atoms with E-state index in [0.717, 1.165) is 0 Å². The molecule has 3 amide bonds. The quantitative estimate of drug-likeness (QED) is 0.233. The van der Waals surface area contributed by atoms with E-state index in [2.05, 4.69) is 20.8 Å². The van der Waals surface area contributed by atoms with Crippen LogP contribution in [0.15, 0.2) is 29.6 Å². The first-order chi connectivity index (χ1) is 14.1. The first kappa shape index (κ1) is 28.1. The van der Waals surface area contributed by atoms with Crippen LogP contribution >= 0.6 is 0 Å². The van der Waals surface area contributed by atoms with Gasteiger partial charge < -0.3 is 15.4 Å². The van der Waals surface area contributed by atoms with Gasteiger partial charge >= 0.3 is 0 Å². The summed E-state index contributed by atoms with van der Waals surface area (Å²) in [4.78, 5) is 53.0. The Labute approximate surface area is 182 Å². The summed E-state index contributed by atoms with van der Waals surface area (Å²) in [6.45, 7) is 6.79. The van der Waals surface area contributed by atoms with Gasteiger partial charge in [-0.05, 0) is 38.3 Å². The lowest BCUT2D eigenvalue weighted by Crippen LogP contribution is -2.59. The molecule has 0 aliphatic carbocycles. The van der Waals surface area contributed by atoms with Crippen molar-refractivity contribution in [2.24, 2.45) is 17.0 Å². The Hall–Kier alpha value is -2.92. The third-order valence-corrected chi connectivity index (χ3v) is 4.62. The zero-order valence-corrected chi connectivity index (χ0v) is 17.7. The van der Waals surface area contributed by atoms with E-state index >= 15 is 0 Å². The van der Waals surface area contributed by atoms with Gasteiger partial charge in [0, 0.05) is 13.3 Å². The summed E-state index contributed by atoms with van der Waals surface area (Å²) in [5, 5.41) is 16.8. The Morgan fingerprint density at radius 3 is 2.29 bits per heavy atom. The fourth-order valence-corrected chi connectivity index (χ4v) is 2.81. The highest BCUT2D eigenvalue weighted by Crippen LogP contribution is 2.22. The van der Waals surface area contributed by atoms with Crippen molar-refractivity contribution >= 4 is 23.5 Å². The van der Waals surface area contributed by atoms with E-state index in [9.17, 15) is 19.3 Å². The third-order valence-electron chi connectivity index (χ3n) is 4.62. The summed E-state index contributed by atoms with van der Waals surface area (Å²) in [5.74, 6) is -3.45. The number of pyridine rings is 1. The Kier molecular flexibility index (Phi) is 11.5. The number of carbonyl (C=O) groups excluding carboxylic acids is 3. The maximum Gasteiger partial charge on any atom is 0.272 e. The summed E-state index contributed by atoms with van der Waals surface area (Å²) < 4.78 is 5.38. The zero-order valence-electron chi connectivity index (χ0n) is 17.7. The normalized spacial score (nSPS) is 13.9. The lowest BCUT2D eigenvalue weighted by molar-refractivity contribution is -0.140. The minimum absolute atomic E-state index is 0. The number of rotatable bonds is 11. The molecule has 0 radical (unpaired) electrons. The molecule has 0 spiro atoms. The molecule has 11 nitrogen and oxygen atoms in total. The fraction of sp³-hybridized carbons (Fsp3) is 0.600. The van der Waals surface area contributed by atoms with Crippen molar-refractivity contribution in [3.05, 3.63) is 29.3 Å². The number of methoxy groups -OCH3 is 1. The largest absolute Gasteiger partial charge is 0.376 e. The zero-order chi connectivity index (χ0) is 22.9. The number of hydrogen-bond acceptors (Lipinski definition) is 8. The number of nitrogens with zero attached hydrogens (tertiary/aromatic N) is 2. The highest BCUT2D eigenvalue weighted by molar-refractivity contribution is 5.98. The molecule has 1 unspecified atom stereocenters. The summed E-state index contributed by atoms with van der Waals surface area (Å²) in [5.41, 5.74) is 0.211. The van der Waals surface area contributed by atoms with Crippen LogP contribution in [0.5, 0.6) is 0 Å². The monoisotopic (exact) mass is 439 g/mol. The van der Waals surface area contributed by atoms with Crippen molar-refractivity contribution in [1.82, 2.24) is 15.8 Å². The Morgan fingerprint density at radius 2 is 1.84 bits per heavy atom. The number of nitroso groups, excluding NO2 is 1. The second-order valence-corrected chi connectivity index (χ2v) is 7.72. The van der Waals surface area contributed by atoms with Crippen LogP contribution in [0.2, 0.25) is 0 Å². The van der Waals surface area contributed by atoms with Crippen LogP contribution in [0.1, 0.15) is 41.5 Å². The molecule has 31 heavy (non-hydrogen) atoms. The van der Waals surface area contributed by atoms with Gasteiger partial charge in [-0.1, -0.05) is 32.5 Å². The first-order valence-corrected chi connectivity index (χ1v) is 9.41. The molecule has 3 atom stereocenters. The molecule has 0 aliphatic rings. The minimum atomic E-state index is -1.66. The molecule has 1 rings (SSSR count). The summed E-state index contributed by atoms with van der Waals surface area (Å²) in [7, 11) is 1.38. The number of anilines is 1. The predicted molar refractivity (Wildman–Crippen MR) is 115 cm³/mol. The van der Waals surface area contributed by atoms with Crippen LogP contribution in [0.25, 0.3) is 0 Å². The van der Waals surface area contributed by atoms with Crippen LogP contribution in [-0.4, -0.2) is 52.7 Å². The number of ether oxygens (including phenoxy) is 1. The van der Waals surface area contributed by atoms with Crippen LogP contribution in [0, 0.1) is 16.7 Å². The second-order valence-electron chi connectivity index (χ2n) is 7.72. The summed E-state index contributed by atoms with van der Waals surface area (Å²) >= 11 is 0. The van der Waals surface area contributed by atoms with Gasteiger partial charge in [-0.3, -0.25) is 19.6 Å². The molecule has 0 aliphatic heterocycles. The molecule has 0 bridgehead atoms. The van der Waals surface area contributed by atoms with Gasteiger partial charge in [-0.2, -0.15) is 0 Å². The number of nitrogens with one attached hydrogen (secondary N) is 3. The maximum absolute atomic E-state index is 13.0. The minimum Gasteiger partial charge on any atom is -0.376 e. The van der Waals surface area contributed by atoms with Crippen molar-refractivity contribution in [3.8, 4) is 0 Å². The van der Waals surface area contributed by atoms with Crippen molar-refractivity contribution in [1.29, 1.82) is 0 Å². The molecular formula is C20H33N5O6. The molecule has 0 fully saturated rings. The highest BCUT2D eigenvalue weighted by atomic mass is 16.5. The molecule has 174 valence electrons. The standard InChI is InChI=1S/C19H29N5O6.CH4/c1-11(2)10-12(14(23-28)17(26)24-29)16(25)22-15(19(3,4)30-5)18(27)21-13-8-6-7-9-20-13;/h6-9,11-12,14-15,29H,10H2,1-5H3,(H,22,25)(H,24,26)(H,20,21,27);1H4/t12-,14+,15?;/m1./s1. The molecule has 0 aromatic carbocycles. The van der Waals surface area contributed by atoms with E-state index in [4.69, 9.17) is 9.94 Å². The Balaban J connectivity index is 0.00000900. The Morgan fingerprint density at radius 1 is 1.19 bits per heavy atom. The topological polar surface area (TPSA) is 159 Å². The van der Waals surface area contributed by atoms with E-state index in [-0.39, 0.29) is 25.6 Å². The van der Waals surface area contributed by atoms with Crippen LogP contribution in [0.3, 0.4) is 0 Å². The molecule has 1 aromatic heterocycles. The first-order valence-electron chi connectivity index (χ1n) is 9.41. The lowest BCUT2D eigenvalue weighted by atomic mass is 9.88. The van der Waals surface area contributed by atoms with E-state index in [1.807, 2.05) is 0 Å². The highest BCUT2D eigenvalue weighted by Gasteiger charge is 2.41. The third kappa shape index (κ3) is 8.02. The van der Waals surface area contributed by atoms with Gasteiger partial charge in [0.15, 0.2) is 6.04 Å². The van der Waals surface area contributed by atoms with Gasteiger partial charge in [0.1, 0.15) is 11.9 Å². The molecule has 11 heteroatoms. The van der Waals surface area contributed by atoms with E-state index in [0.29, 0.717) is 0 Å². The van der Waals surface area contributed by atoms with Crippen LogP contribution < -0.4 is 16.1 Å². The van der Waals surface area contributed by atoms with E-state index < -0.39 is 41.3 Å². The van der Waals surface area contributed by atoms with Crippen LogP contribution in [-0.2, 0) is 19.1 Å². The molecular weight excluding hydrogens is 406 g/mol. The van der Waals surface area contributed by atoms with E-state index in [1.54, 1.807) is 45.9 Å². The fourth-order valence-electron chi connectivity index (χ4n) is 2.81. The van der Waals surface area contributed by atoms with Crippen molar-refractivity contribution in [2.75, 3.05) is 12.4 Å². The average molecular weight is 440 g/mol. The summed E-state index contributed by atoms with van der Waals surface area (Å²) in [6, 6.07) is 2.10. The smallest absolute Gasteiger partial charge is 0.272 e. The molecule has 0 saturated heterocycles. The second kappa shape index (κ2) is 12.7. The van der Waals surface area contributed by atoms with Crippen LogP contribution in [0.4, 0.5) is 5.82 Å². The van der Waals surface area contributed by atoms with Gasteiger partial charge in [-0.25, -0.2) is 10.5 Å². The molecule has 1 aromatic rings. The van der Waals surface area contributed by atoms with Crippen molar-refractivity contribution < 1.29 is 24.3 Å². The van der Waals surface area contributed by atoms with Gasteiger partial charge in [0.25, 0.3) is 11.8 Å². The SMILES string of the molecule is C.COC(C)(C)C(NC(=O)[C@H](CC(C)C)[C@H](N=O)C(=O)NO)C(=O)Nc1ccccn1. The van der Waals surface area contributed by atoms with Gasteiger partial charge in [-0.15, -0.1) is 4.91 Å². The van der Waals surface area contributed by atoms with E-state index in [1.165, 1.54) is 18.8 Å². The number of amides is 3. The summed E-state index contributed by atoms with van der Waals surface area (Å²) in [6.07, 6.45) is 1.62. The molecule has 0 saturated carbocycles. The molecule has 4 N–H and O–H groups in total. The average Bonchev–Trinajstić information content (AvgIpc) is 2.71.